The molecule has 118 valence electrons. The van der Waals surface area contributed by atoms with E-state index in [0.29, 0.717) is 18.7 Å². The van der Waals surface area contributed by atoms with E-state index < -0.39 is 0 Å². The molecule has 4 heteroatoms. The van der Waals surface area contributed by atoms with Crippen LogP contribution in [0.5, 0.6) is 5.75 Å². The van der Waals surface area contributed by atoms with E-state index in [1.807, 2.05) is 19.2 Å². The molecular weight excluding hydrogens is 264 g/mol. The van der Waals surface area contributed by atoms with Gasteiger partial charge in [0, 0.05) is 25.2 Å². The number of rotatable bonds is 6. The van der Waals surface area contributed by atoms with Crippen molar-refractivity contribution in [3.05, 3.63) is 29.8 Å². The van der Waals surface area contributed by atoms with Crippen molar-refractivity contribution < 1.29 is 9.47 Å². The second-order valence-corrected chi connectivity index (χ2v) is 5.98. The first kappa shape index (κ1) is 16.3. The Kier molecular flexibility index (Phi) is 6.03. The van der Waals surface area contributed by atoms with Gasteiger partial charge in [-0.3, -0.25) is 4.90 Å². The molecule has 2 rings (SSSR count). The average Bonchev–Trinajstić information content (AvgIpc) is 2.52. The Hall–Kier alpha value is -1.10. The van der Waals surface area contributed by atoms with E-state index in [-0.39, 0.29) is 6.10 Å². The van der Waals surface area contributed by atoms with Gasteiger partial charge in [-0.05, 0) is 45.5 Å². The van der Waals surface area contributed by atoms with E-state index >= 15 is 0 Å². The Morgan fingerprint density at radius 3 is 2.90 bits per heavy atom. The zero-order valence-corrected chi connectivity index (χ0v) is 13.6. The first-order valence-corrected chi connectivity index (χ1v) is 7.86. The summed E-state index contributed by atoms with van der Waals surface area (Å²) in [6, 6.07) is 9.16. The molecule has 0 bridgehead atoms. The van der Waals surface area contributed by atoms with Crippen LogP contribution >= 0.6 is 0 Å². The fraction of sp³-hybridized carbons (Fsp3) is 0.647. The molecule has 1 fully saturated rings. The van der Waals surface area contributed by atoms with E-state index in [2.05, 4.69) is 43.1 Å². The molecule has 1 aromatic carbocycles. The molecule has 2 atom stereocenters. The Labute approximate surface area is 128 Å². The molecule has 4 nitrogen and oxygen atoms in total. The molecule has 0 amide bonds. The van der Waals surface area contributed by atoms with Crippen LogP contribution in [0.4, 0.5) is 0 Å². The summed E-state index contributed by atoms with van der Waals surface area (Å²) in [5.74, 6) is 0.917. The van der Waals surface area contributed by atoms with Gasteiger partial charge in [0.15, 0.2) is 0 Å². The van der Waals surface area contributed by atoms with Crippen LogP contribution in [0.3, 0.4) is 0 Å². The number of hydrogen-bond acceptors (Lipinski definition) is 4. The zero-order valence-electron chi connectivity index (χ0n) is 13.6. The van der Waals surface area contributed by atoms with Gasteiger partial charge in [-0.25, -0.2) is 0 Å². The fourth-order valence-electron chi connectivity index (χ4n) is 2.54. The van der Waals surface area contributed by atoms with Crippen molar-refractivity contribution in [1.29, 1.82) is 0 Å². The number of hydrogen-bond donors (Lipinski definition) is 1. The molecule has 1 saturated heterocycles. The van der Waals surface area contributed by atoms with Gasteiger partial charge >= 0.3 is 0 Å². The Balaban J connectivity index is 1.88. The van der Waals surface area contributed by atoms with E-state index in [1.165, 1.54) is 5.56 Å². The molecule has 0 spiro atoms. The highest BCUT2D eigenvalue weighted by Crippen LogP contribution is 2.19. The quantitative estimate of drug-likeness (QED) is 0.873. The summed E-state index contributed by atoms with van der Waals surface area (Å²) in [5.41, 5.74) is 1.24. The molecule has 0 aliphatic carbocycles. The molecule has 1 aromatic rings. The number of benzene rings is 1. The summed E-state index contributed by atoms with van der Waals surface area (Å²) in [6.45, 7) is 9.97. The van der Waals surface area contributed by atoms with Gasteiger partial charge in [0.05, 0.1) is 6.61 Å². The highest BCUT2D eigenvalue weighted by Gasteiger charge is 2.22. The predicted octanol–water partition coefficient (Wildman–Crippen LogP) is 2.46. The van der Waals surface area contributed by atoms with Crippen LogP contribution in [0.15, 0.2) is 24.3 Å². The largest absolute Gasteiger partial charge is 0.491 e. The Morgan fingerprint density at radius 1 is 1.38 bits per heavy atom. The van der Waals surface area contributed by atoms with Crippen LogP contribution in [0.1, 0.15) is 32.4 Å². The van der Waals surface area contributed by atoms with Gasteiger partial charge in [-0.2, -0.15) is 0 Å². The normalized spacial score (nSPS) is 21.5. The summed E-state index contributed by atoms with van der Waals surface area (Å²) in [5, 5.41) is 3.25. The van der Waals surface area contributed by atoms with Gasteiger partial charge in [-0.1, -0.05) is 12.1 Å². The summed E-state index contributed by atoms with van der Waals surface area (Å²) in [7, 11) is 1.97. The Bertz CT molecular complexity index is 437. The number of nitrogens with one attached hydrogen (secondary N) is 1. The summed E-state index contributed by atoms with van der Waals surface area (Å²) in [4.78, 5) is 2.44. The molecular formula is C17H28N2O2. The van der Waals surface area contributed by atoms with E-state index in [4.69, 9.17) is 9.47 Å². The molecule has 1 aliphatic heterocycles. The lowest BCUT2D eigenvalue weighted by atomic mass is 10.1. The second-order valence-electron chi connectivity index (χ2n) is 5.98. The maximum Gasteiger partial charge on any atom is 0.119 e. The summed E-state index contributed by atoms with van der Waals surface area (Å²) >= 11 is 0. The minimum Gasteiger partial charge on any atom is -0.491 e. The van der Waals surface area contributed by atoms with Crippen LogP contribution in [-0.4, -0.2) is 50.4 Å². The minimum absolute atomic E-state index is 0.159. The molecule has 0 radical (unpaired) electrons. The Morgan fingerprint density at radius 2 is 2.19 bits per heavy atom. The van der Waals surface area contributed by atoms with Crippen molar-refractivity contribution in [3.63, 3.8) is 0 Å². The average molecular weight is 292 g/mol. The first-order chi connectivity index (χ1) is 10.1. The van der Waals surface area contributed by atoms with Crippen LogP contribution in [0.2, 0.25) is 0 Å². The third kappa shape index (κ3) is 4.70. The van der Waals surface area contributed by atoms with Gasteiger partial charge in [0.1, 0.15) is 18.5 Å². The highest BCUT2D eigenvalue weighted by molar-refractivity contribution is 5.30. The van der Waals surface area contributed by atoms with Crippen LogP contribution < -0.4 is 10.1 Å². The van der Waals surface area contributed by atoms with Crippen molar-refractivity contribution in [2.24, 2.45) is 0 Å². The number of ether oxygens (including phenoxy) is 2. The molecule has 1 heterocycles. The second kappa shape index (κ2) is 7.78. The maximum absolute atomic E-state index is 5.93. The van der Waals surface area contributed by atoms with E-state index in [1.54, 1.807) is 0 Å². The fourth-order valence-corrected chi connectivity index (χ4v) is 2.54. The molecule has 0 aromatic heterocycles. The van der Waals surface area contributed by atoms with Gasteiger partial charge < -0.3 is 14.8 Å². The summed E-state index contributed by atoms with van der Waals surface area (Å²) < 4.78 is 11.7. The molecule has 21 heavy (non-hydrogen) atoms. The minimum atomic E-state index is 0.159. The van der Waals surface area contributed by atoms with Crippen LogP contribution in [0.25, 0.3) is 0 Å². The van der Waals surface area contributed by atoms with Crippen LogP contribution in [-0.2, 0) is 4.74 Å². The van der Waals surface area contributed by atoms with Crippen molar-refractivity contribution in [3.8, 4) is 5.75 Å². The zero-order chi connectivity index (χ0) is 15.2. The SMILES string of the molecule is CNC(C)c1cccc(OCC2CN(C(C)C)CCO2)c1. The van der Waals surface area contributed by atoms with Crippen molar-refractivity contribution in [2.45, 2.75) is 39.0 Å². The smallest absolute Gasteiger partial charge is 0.119 e. The lowest BCUT2D eigenvalue weighted by Crippen LogP contribution is -2.47. The maximum atomic E-state index is 5.93. The monoisotopic (exact) mass is 292 g/mol. The topological polar surface area (TPSA) is 33.7 Å². The van der Waals surface area contributed by atoms with Gasteiger partial charge in [0.25, 0.3) is 0 Å². The highest BCUT2D eigenvalue weighted by atomic mass is 16.5. The molecule has 0 saturated carbocycles. The standard InChI is InChI=1S/C17H28N2O2/c1-13(2)19-8-9-20-17(11-19)12-21-16-7-5-6-15(10-16)14(3)18-4/h5-7,10,13-14,17-18H,8-9,11-12H2,1-4H3. The summed E-state index contributed by atoms with van der Waals surface area (Å²) in [6.07, 6.45) is 0.159. The van der Waals surface area contributed by atoms with Crippen molar-refractivity contribution >= 4 is 0 Å². The number of morpholine rings is 1. The lowest BCUT2D eigenvalue weighted by molar-refractivity contribution is -0.0564. The third-order valence-corrected chi connectivity index (χ3v) is 4.13. The molecule has 1 N–H and O–H groups in total. The predicted molar refractivity (Wildman–Crippen MR) is 85.9 cm³/mol. The number of nitrogens with zero attached hydrogens (tertiary/aromatic N) is 1. The molecule has 1 aliphatic rings. The van der Waals surface area contributed by atoms with E-state index in [0.717, 1.165) is 25.4 Å². The first-order valence-electron chi connectivity index (χ1n) is 7.86. The lowest BCUT2D eigenvalue weighted by Gasteiger charge is -2.35. The third-order valence-electron chi connectivity index (χ3n) is 4.13. The van der Waals surface area contributed by atoms with Crippen molar-refractivity contribution in [1.82, 2.24) is 10.2 Å². The van der Waals surface area contributed by atoms with Gasteiger partial charge in [-0.15, -0.1) is 0 Å². The molecule has 2 unspecified atom stereocenters. The van der Waals surface area contributed by atoms with Crippen LogP contribution in [0, 0.1) is 0 Å². The van der Waals surface area contributed by atoms with E-state index in [9.17, 15) is 0 Å². The van der Waals surface area contributed by atoms with Crippen molar-refractivity contribution in [2.75, 3.05) is 33.4 Å². The van der Waals surface area contributed by atoms with Gasteiger partial charge in [0.2, 0.25) is 0 Å².